The van der Waals surface area contributed by atoms with Gasteiger partial charge >= 0.3 is 17.9 Å². The molecule has 0 aromatic carbocycles. The van der Waals surface area contributed by atoms with Gasteiger partial charge < -0.3 is 28.6 Å². The lowest BCUT2D eigenvalue weighted by Crippen LogP contribution is -2.41. The van der Waals surface area contributed by atoms with E-state index in [9.17, 15) is 14.4 Å². The van der Waals surface area contributed by atoms with Gasteiger partial charge in [0.2, 0.25) is 0 Å². The van der Waals surface area contributed by atoms with Crippen molar-refractivity contribution in [3.8, 4) is 0 Å². The zero-order chi connectivity index (χ0) is 43.7. The first-order chi connectivity index (χ1) is 29.3. The highest BCUT2D eigenvalue weighted by Crippen LogP contribution is 2.21. The third-order valence-corrected chi connectivity index (χ3v) is 11.5. The topological polar surface area (TPSA) is 101 Å². The molecule has 0 amide bonds. The van der Waals surface area contributed by atoms with Crippen LogP contribution < -0.4 is 0 Å². The minimum absolute atomic E-state index is 0.0107. The highest BCUT2D eigenvalue weighted by Gasteiger charge is 2.28. The van der Waals surface area contributed by atoms with E-state index >= 15 is 0 Å². The summed E-state index contributed by atoms with van der Waals surface area (Å²) >= 11 is 0. The van der Waals surface area contributed by atoms with E-state index in [0.717, 1.165) is 96.6 Å². The molecule has 0 aromatic heterocycles. The lowest BCUT2D eigenvalue weighted by Gasteiger charge is -2.33. The van der Waals surface area contributed by atoms with Gasteiger partial charge in [-0.3, -0.25) is 14.4 Å². The number of nitrogens with zero attached hydrogens (tertiary/aromatic N) is 1. The minimum Gasteiger partial charge on any atom is -0.465 e. The molecule has 9 heteroatoms. The molecule has 0 spiro atoms. The maximum atomic E-state index is 13.1. The summed E-state index contributed by atoms with van der Waals surface area (Å²) < 4.78 is 29.4. The number of hydrogen-bond acceptors (Lipinski definition) is 9. The lowest BCUT2D eigenvalue weighted by atomic mass is 9.96. The molecule has 0 aliphatic carbocycles. The van der Waals surface area contributed by atoms with Crippen molar-refractivity contribution in [2.45, 2.75) is 227 Å². The molecule has 1 aliphatic heterocycles. The fourth-order valence-corrected chi connectivity index (χ4v) is 7.41. The molecule has 350 valence electrons. The van der Waals surface area contributed by atoms with Crippen molar-refractivity contribution in [2.75, 3.05) is 46.1 Å². The Labute approximate surface area is 368 Å². The molecular formula is C51H93NO8. The highest BCUT2D eigenvalue weighted by molar-refractivity contribution is 5.72. The van der Waals surface area contributed by atoms with Crippen molar-refractivity contribution >= 4 is 17.9 Å². The average molecular weight is 848 g/mol. The third kappa shape index (κ3) is 33.4. The van der Waals surface area contributed by atoms with Gasteiger partial charge in [-0.15, -0.1) is 0 Å². The molecule has 1 aliphatic rings. The Balaban J connectivity index is 2.55. The number of hydrogen-bond donors (Lipinski definition) is 0. The fraction of sp³-hybridized carbons (Fsp3) is 0.863. The molecule has 1 fully saturated rings. The molecule has 0 radical (unpaired) electrons. The van der Waals surface area contributed by atoms with Gasteiger partial charge in [0.1, 0.15) is 19.8 Å². The van der Waals surface area contributed by atoms with E-state index in [1.165, 1.54) is 77.0 Å². The Hall–Kier alpha value is -2.23. The Morgan fingerprint density at radius 2 is 1.00 bits per heavy atom. The number of piperidine rings is 1. The van der Waals surface area contributed by atoms with Gasteiger partial charge in [0.15, 0.2) is 6.29 Å². The Bertz CT molecular complexity index is 1050. The fourth-order valence-electron chi connectivity index (χ4n) is 7.41. The van der Waals surface area contributed by atoms with Crippen LogP contribution in [0.5, 0.6) is 0 Å². The molecule has 1 heterocycles. The number of likely N-dealkylation sites (tertiary alicyclic amines) is 1. The van der Waals surface area contributed by atoms with Crippen LogP contribution in [0.25, 0.3) is 0 Å². The third-order valence-electron chi connectivity index (χ3n) is 11.5. The van der Waals surface area contributed by atoms with Gasteiger partial charge in [-0.05, 0) is 91.1 Å². The SMILES string of the molecule is CCCCCC=CCC=CCCCCCCCC(=O)OCC(COC(=O)CCC(OCCCCCCCC)OCCCCCCCC)COC(=O)C1CCN(C(C)C)CC1. The summed E-state index contributed by atoms with van der Waals surface area (Å²) in [6, 6.07) is 0.453. The summed E-state index contributed by atoms with van der Waals surface area (Å²) in [5, 5.41) is 0. The van der Waals surface area contributed by atoms with Crippen molar-refractivity contribution in [3.05, 3.63) is 24.3 Å². The molecule has 1 rings (SSSR count). The molecule has 0 bridgehead atoms. The average Bonchev–Trinajstić information content (AvgIpc) is 3.25. The van der Waals surface area contributed by atoms with Gasteiger partial charge in [0, 0.05) is 32.1 Å². The van der Waals surface area contributed by atoms with Gasteiger partial charge in [-0.2, -0.15) is 0 Å². The zero-order valence-corrected chi connectivity index (χ0v) is 39.6. The smallest absolute Gasteiger partial charge is 0.309 e. The second kappa shape index (κ2) is 40.8. The van der Waals surface area contributed by atoms with Crippen LogP contribution in [-0.2, 0) is 38.1 Å². The Morgan fingerprint density at radius 3 is 1.55 bits per heavy atom. The molecule has 60 heavy (non-hydrogen) atoms. The normalized spacial score (nSPS) is 14.5. The quantitative estimate of drug-likeness (QED) is 0.0196. The van der Waals surface area contributed by atoms with Crippen LogP contribution in [0.3, 0.4) is 0 Å². The van der Waals surface area contributed by atoms with E-state index in [-0.39, 0.29) is 50.1 Å². The number of rotatable bonds is 41. The number of unbranched alkanes of at least 4 members (excludes halogenated alkanes) is 18. The van der Waals surface area contributed by atoms with Crippen LogP contribution in [0.2, 0.25) is 0 Å². The first-order valence-corrected chi connectivity index (χ1v) is 25.1. The lowest BCUT2D eigenvalue weighted by molar-refractivity contribution is -0.162. The van der Waals surface area contributed by atoms with Crippen molar-refractivity contribution in [3.63, 3.8) is 0 Å². The summed E-state index contributed by atoms with van der Waals surface area (Å²) in [5.74, 6) is -1.43. The van der Waals surface area contributed by atoms with Crippen LogP contribution in [0.15, 0.2) is 24.3 Å². The highest BCUT2D eigenvalue weighted by atomic mass is 16.7. The molecule has 0 aromatic rings. The number of carbonyl (C=O) groups is 3. The summed E-state index contributed by atoms with van der Waals surface area (Å²) in [6.07, 6.45) is 37.6. The molecular weight excluding hydrogens is 755 g/mol. The summed E-state index contributed by atoms with van der Waals surface area (Å²) in [5.41, 5.74) is 0. The predicted octanol–water partition coefficient (Wildman–Crippen LogP) is 13.0. The van der Waals surface area contributed by atoms with Crippen LogP contribution in [0.4, 0.5) is 0 Å². The first kappa shape index (κ1) is 55.8. The number of allylic oxidation sites excluding steroid dienone is 4. The van der Waals surface area contributed by atoms with Gasteiger partial charge in [0.25, 0.3) is 0 Å². The first-order valence-electron chi connectivity index (χ1n) is 25.1. The number of ether oxygens (including phenoxy) is 5. The second-order valence-corrected chi connectivity index (χ2v) is 17.5. The number of carbonyl (C=O) groups excluding carboxylic acids is 3. The standard InChI is InChI=1S/C51H93NO8/c1-6-9-12-15-18-19-20-21-22-23-24-25-26-27-30-33-48(53)58-42-46(44-60-51(55)47-36-38-52(39-37-47)45(4)5)43-59-49(54)34-35-50(56-40-31-28-16-13-10-7-2)57-41-32-29-17-14-11-8-3/h18-19,21-22,45-47,50H,6-17,20,23-44H2,1-5H3. The van der Waals surface area contributed by atoms with Crippen LogP contribution in [0.1, 0.15) is 214 Å². The molecule has 0 saturated carbocycles. The maximum absolute atomic E-state index is 13.1. The van der Waals surface area contributed by atoms with E-state index in [2.05, 4.69) is 63.8 Å². The Morgan fingerprint density at radius 1 is 0.550 bits per heavy atom. The van der Waals surface area contributed by atoms with Gasteiger partial charge in [0.05, 0.1) is 18.3 Å². The van der Waals surface area contributed by atoms with E-state index in [4.69, 9.17) is 23.7 Å². The number of esters is 3. The van der Waals surface area contributed by atoms with E-state index in [1.54, 1.807) is 0 Å². The van der Waals surface area contributed by atoms with E-state index in [0.29, 0.717) is 32.1 Å². The molecule has 1 saturated heterocycles. The van der Waals surface area contributed by atoms with Crippen molar-refractivity contribution in [2.24, 2.45) is 11.8 Å². The maximum Gasteiger partial charge on any atom is 0.309 e. The predicted molar refractivity (Wildman–Crippen MR) is 247 cm³/mol. The summed E-state index contributed by atoms with van der Waals surface area (Å²) in [6.45, 7) is 14.1. The molecule has 1 atom stereocenters. The van der Waals surface area contributed by atoms with E-state index < -0.39 is 12.2 Å². The van der Waals surface area contributed by atoms with Crippen molar-refractivity contribution in [1.82, 2.24) is 4.90 Å². The second-order valence-electron chi connectivity index (χ2n) is 17.5. The largest absolute Gasteiger partial charge is 0.465 e. The van der Waals surface area contributed by atoms with Gasteiger partial charge in [-0.25, -0.2) is 0 Å². The molecule has 9 nitrogen and oxygen atoms in total. The van der Waals surface area contributed by atoms with Crippen molar-refractivity contribution < 1.29 is 38.1 Å². The van der Waals surface area contributed by atoms with E-state index in [1.807, 2.05) is 0 Å². The summed E-state index contributed by atoms with van der Waals surface area (Å²) in [4.78, 5) is 41.2. The van der Waals surface area contributed by atoms with Crippen LogP contribution >= 0.6 is 0 Å². The Kier molecular flexibility index (Phi) is 38.0. The van der Waals surface area contributed by atoms with Crippen molar-refractivity contribution in [1.29, 1.82) is 0 Å². The zero-order valence-electron chi connectivity index (χ0n) is 39.6. The van der Waals surface area contributed by atoms with Crippen LogP contribution in [0, 0.1) is 11.8 Å². The van der Waals surface area contributed by atoms with Gasteiger partial charge in [-0.1, -0.05) is 141 Å². The summed E-state index contributed by atoms with van der Waals surface area (Å²) in [7, 11) is 0. The monoisotopic (exact) mass is 848 g/mol. The molecule has 0 N–H and O–H groups in total. The molecule has 1 unspecified atom stereocenters. The van der Waals surface area contributed by atoms with Crippen LogP contribution in [-0.4, -0.2) is 81.3 Å². The minimum atomic E-state index is -0.446.